The summed E-state index contributed by atoms with van der Waals surface area (Å²) in [6, 6.07) is 2.64. The Labute approximate surface area is 202 Å². The number of aliphatic hydroxyl groups is 1. The lowest BCUT2D eigenvalue weighted by molar-refractivity contribution is -0.206. The van der Waals surface area contributed by atoms with Crippen molar-refractivity contribution >= 4 is 38.1 Å². The zero-order chi connectivity index (χ0) is 24.9. The van der Waals surface area contributed by atoms with E-state index in [1.807, 2.05) is 6.92 Å². The highest BCUT2D eigenvalue weighted by Crippen LogP contribution is 2.66. The van der Waals surface area contributed by atoms with E-state index in [2.05, 4.69) is 0 Å². The first-order chi connectivity index (χ1) is 17.3. The summed E-state index contributed by atoms with van der Waals surface area (Å²) >= 11 is 0. The SMILES string of the molecule is COc1c2c3c4c5c(c(=O)cc6c5c5c(cc(=O)c(c1O)c35)OCO6)=C(O)[C@@]1(OC)O[C@@H](C)C[C@]41C2. The summed E-state index contributed by atoms with van der Waals surface area (Å²) in [4.78, 5) is 26.9. The Bertz CT molecular complexity index is 1910. The molecule has 2 heterocycles. The number of aliphatic hydroxyl groups excluding tert-OH is 1. The van der Waals surface area contributed by atoms with E-state index < -0.39 is 22.1 Å². The zero-order valence-electron chi connectivity index (χ0n) is 19.6. The van der Waals surface area contributed by atoms with Gasteiger partial charge in [0, 0.05) is 46.4 Å². The summed E-state index contributed by atoms with van der Waals surface area (Å²) in [5.41, 5.74) is -0.400. The monoisotopic (exact) mass is 488 g/mol. The molecule has 4 aromatic carbocycles. The summed E-state index contributed by atoms with van der Waals surface area (Å²) in [7, 11) is 2.89. The summed E-state index contributed by atoms with van der Waals surface area (Å²) < 4.78 is 29.7. The molecule has 2 aliphatic heterocycles. The second-order valence-electron chi connectivity index (χ2n) is 10.1. The number of hydrogen-bond donors (Lipinski definition) is 2. The highest BCUT2D eigenvalue weighted by molar-refractivity contribution is 6.30. The lowest BCUT2D eigenvalue weighted by atomic mass is 9.66. The minimum atomic E-state index is -1.63. The van der Waals surface area contributed by atoms with Crippen molar-refractivity contribution in [1.82, 2.24) is 0 Å². The summed E-state index contributed by atoms with van der Waals surface area (Å²) in [6.07, 6.45) is 0.437. The molecule has 2 N–H and O–H groups in total. The van der Waals surface area contributed by atoms with E-state index in [9.17, 15) is 19.8 Å². The second-order valence-corrected chi connectivity index (χ2v) is 10.1. The van der Waals surface area contributed by atoms with E-state index in [1.165, 1.54) is 26.4 Å². The van der Waals surface area contributed by atoms with Crippen LogP contribution in [0.25, 0.3) is 38.1 Å². The Kier molecular flexibility index (Phi) is 3.36. The van der Waals surface area contributed by atoms with Gasteiger partial charge < -0.3 is 33.9 Å². The van der Waals surface area contributed by atoms with Crippen molar-refractivity contribution in [2.75, 3.05) is 21.0 Å². The van der Waals surface area contributed by atoms with Crippen LogP contribution in [0.2, 0.25) is 0 Å². The first kappa shape index (κ1) is 20.4. The predicted octanol–water partition coefficient (Wildman–Crippen LogP) is 2.09. The van der Waals surface area contributed by atoms with Crippen LogP contribution >= 0.6 is 0 Å². The average molecular weight is 488 g/mol. The molecule has 1 spiro atoms. The molecular weight excluding hydrogens is 468 g/mol. The maximum atomic E-state index is 13.5. The molecular formula is C27H20O9. The molecule has 1 saturated heterocycles. The van der Waals surface area contributed by atoms with Crippen molar-refractivity contribution in [1.29, 1.82) is 0 Å². The van der Waals surface area contributed by atoms with Crippen molar-refractivity contribution in [3.63, 3.8) is 0 Å². The van der Waals surface area contributed by atoms with E-state index in [-0.39, 0.29) is 46.5 Å². The van der Waals surface area contributed by atoms with Gasteiger partial charge in [-0.1, -0.05) is 0 Å². The Morgan fingerprint density at radius 1 is 0.944 bits per heavy atom. The van der Waals surface area contributed by atoms with Gasteiger partial charge in [0.05, 0.1) is 29.2 Å². The van der Waals surface area contributed by atoms with Crippen LogP contribution in [0.1, 0.15) is 24.5 Å². The van der Waals surface area contributed by atoms with Gasteiger partial charge in [0.15, 0.2) is 28.1 Å². The molecule has 3 atom stereocenters. The van der Waals surface area contributed by atoms with Gasteiger partial charge in [-0.3, -0.25) is 9.59 Å². The van der Waals surface area contributed by atoms with Crippen molar-refractivity contribution < 1.29 is 33.9 Å². The third-order valence-electron chi connectivity index (χ3n) is 8.60. The minimum absolute atomic E-state index is 0.0802. The van der Waals surface area contributed by atoms with Crippen LogP contribution in [0.5, 0.6) is 23.0 Å². The first-order valence-electron chi connectivity index (χ1n) is 11.7. The van der Waals surface area contributed by atoms with E-state index in [1.54, 1.807) is 0 Å². The lowest BCUT2D eigenvalue weighted by Crippen LogP contribution is -2.56. The van der Waals surface area contributed by atoms with Crippen molar-refractivity contribution in [2.24, 2.45) is 0 Å². The molecule has 0 amide bonds. The molecule has 36 heavy (non-hydrogen) atoms. The molecule has 4 aliphatic rings. The fraction of sp³-hybridized carbons (Fsp3) is 0.333. The quantitative estimate of drug-likeness (QED) is 0.323. The largest absolute Gasteiger partial charge is 0.506 e. The molecule has 0 unspecified atom stereocenters. The van der Waals surface area contributed by atoms with E-state index in [0.717, 1.165) is 5.56 Å². The Morgan fingerprint density at radius 2 is 1.64 bits per heavy atom. The Balaban J connectivity index is 1.83. The van der Waals surface area contributed by atoms with Gasteiger partial charge in [-0.25, -0.2) is 0 Å². The van der Waals surface area contributed by atoms with Crippen LogP contribution in [0.15, 0.2) is 21.7 Å². The van der Waals surface area contributed by atoms with Crippen molar-refractivity contribution in [3.05, 3.63) is 48.9 Å². The maximum absolute atomic E-state index is 13.5. The predicted molar refractivity (Wildman–Crippen MR) is 129 cm³/mol. The number of phenols is 1. The molecule has 4 aromatic rings. The van der Waals surface area contributed by atoms with Gasteiger partial charge in [-0.05, 0) is 30.7 Å². The van der Waals surface area contributed by atoms with Gasteiger partial charge in [0.25, 0.3) is 0 Å². The number of benzene rings is 4. The van der Waals surface area contributed by atoms with Gasteiger partial charge in [-0.2, -0.15) is 0 Å². The average Bonchev–Trinajstić information content (AvgIpc) is 3.26. The van der Waals surface area contributed by atoms with Gasteiger partial charge in [0.2, 0.25) is 12.6 Å². The Hall–Kier alpha value is -3.82. The van der Waals surface area contributed by atoms with Crippen LogP contribution < -0.4 is 30.3 Å². The lowest BCUT2D eigenvalue weighted by Gasteiger charge is -2.43. The molecule has 9 heteroatoms. The second kappa shape index (κ2) is 5.93. The van der Waals surface area contributed by atoms with Crippen LogP contribution in [0.4, 0.5) is 0 Å². The van der Waals surface area contributed by atoms with E-state index in [0.29, 0.717) is 51.1 Å². The van der Waals surface area contributed by atoms with Crippen LogP contribution in [0.3, 0.4) is 0 Å². The van der Waals surface area contributed by atoms with Crippen molar-refractivity contribution in [2.45, 2.75) is 37.1 Å². The zero-order valence-corrected chi connectivity index (χ0v) is 19.6. The summed E-state index contributed by atoms with van der Waals surface area (Å²) in [6.45, 7) is 1.69. The number of phenolic OH excluding ortho intramolecular Hbond substituents is 1. The highest BCUT2D eigenvalue weighted by Gasteiger charge is 2.68. The topological polar surface area (TPSA) is 121 Å². The number of hydrogen-bond acceptors (Lipinski definition) is 9. The summed E-state index contributed by atoms with van der Waals surface area (Å²) in [5, 5.41) is 26.1. The third kappa shape index (κ3) is 1.81. The van der Waals surface area contributed by atoms with E-state index >= 15 is 0 Å². The van der Waals surface area contributed by atoms with Crippen LogP contribution in [0, 0.1) is 0 Å². The molecule has 1 fully saturated rings. The molecule has 0 radical (unpaired) electrons. The van der Waals surface area contributed by atoms with Crippen LogP contribution in [-0.4, -0.2) is 43.1 Å². The van der Waals surface area contributed by atoms with E-state index in [4.69, 9.17) is 23.7 Å². The first-order valence-corrected chi connectivity index (χ1v) is 11.7. The highest BCUT2D eigenvalue weighted by atomic mass is 16.7. The maximum Gasteiger partial charge on any atom is 0.238 e. The van der Waals surface area contributed by atoms with Gasteiger partial charge in [0.1, 0.15) is 11.5 Å². The fourth-order valence-corrected chi connectivity index (χ4v) is 7.60. The smallest absolute Gasteiger partial charge is 0.238 e. The minimum Gasteiger partial charge on any atom is -0.506 e. The van der Waals surface area contributed by atoms with Gasteiger partial charge in [-0.15, -0.1) is 0 Å². The molecule has 8 rings (SSSR count). The van der Waals surface area contributed by atoms with Gasteiger partial charge >= 0.3 is 0 Å². The molecule has 0 saturated carbocycles. The number of methoxy groups -OCH3 is 2. The molecule has 0 aromatic heterocycles. The standard InChI is InChI=1S/C27H20O9/c1-9-6-26-7-10-15-20-16(23(30)24(10)32-2)11(28)4-13-18(20)19-14(35-8-34-13)5-12(29)17(21(19)22(15)26)25(31)27(26,33-3)36-9/h4-5,9,30-31H,6-8H2,1-3H3/t9-,26-,27+/m0/s1. The van der Waals surface area contributed by atoms with Crippen molar-refractivity contribution in [3.8, 4) is 23.0 Å². The normalized spacial score (nSPS) is 27.2. The number of ether oxygens (including phenoxy) is 5. The molecule has 0 bridgehead atoms. The Morgan fingerprint density at radius 3 is 2.33 bits per heavy atom. The molecule has 2 aliphatic carbocycles. The molecule has 9 nitrogen and oxygen atoms in total. The number of rotatable bonds is 2. The van der Waals surface area contributed by atoms with Crippen LogP contribution in [-0.2, 0) is 21.3 Å². The fourth-order valence-electron chi connectivity index (χ4n) is 7.60. The third-order valence-corrected chi connectivity index (χ3v) is 8.60. The molecule has 182 valence electrons. The summed E-state index contributed by atoms with van der Waals surface area (Å²) in [5.74, 6) is -1.41. The number of aromatic hydroxyl groups is 1.